The SMILES string of the molecule is CC1/C=C/C=C/CC/C=C/C=C/C=C/C=C/C(O[C@H]2O[C@@H](C)[C@H](O)[C@@H](N)[C@H]2O)CC2OC(O)(CC(O)C(O)CCC(O)CC(O)CC(O)CC(=O)OC(C)C(C)C1O)CC(O)C2C(=O)O. The van der Waals surface area contributed by atoms with Gasteiger partial charge in [-0.1, -0.05) is 86.8 Å². The maximum Gasteiger partial charge on any atom is 0.311 e. The van der Waals surface area contributed by atoms with Gasteiger partial charge >= 0.3 is 11.9 Å². The van der Waals surface area contributed by atoms with Gasteiger partial charge in [0.1, 0.15) is 18.1 Å². The number of allylic oxidation sites excluding steroid dienone is 10. The lowest BCUT2D eigenvalue weighted by atomic mass is 9.82. The van der Waals surface area contributed by atoms with Crippen LogP contribution in [0.5, 0.6) is 0 Å². The molecule has 3 rings (SSSR count). The van der Waals surface area contributed by atoms with Gasteiger partial charge in [-0.25, -0.2) is 0 Å². The van der Waals surface area contributed by atoms with Crippen LogP contribution in [0.4, 0.5) is 0 Å². The van der Waals surface area contributed by atoms with Crippen LogP contribution in [-0.2, 0) is 28.5 Å². The van der Waals surface area contributed by atoms with Crippen molar-refractivity contribution in [2.75, 3.05) is 0 Å². The molecule has 2 fully saturated rings. The monoisotopic (exact) mass is 926 g/mol. The van der Waals surface area contributed by atoms with Crippen molar-refractivity contribution in [2.45, 2.75) is 189 Å². The van der Waals surface area contributed by atoms with Crippen LogP contribution in [0.15, 0.2) is 72.9 Å². The molecule has 65 heavy (non-hydrogen) atoms. The van der Waals surface area contributed by atoms with Crippen molar-refractivity contribution in [1.29, 1.82) is 0 Å². The third-order valence-electron chi connectivity index (χ3n) is 12.2. The Hall–Kier alpha value is -3.18. The number of carbonyl (C=O) groups is 2. The minimum Gasteiger partial charge on any atom is -0.481 e. The minimum absolute atomic E-state index is 0.138. The van der Waals surface area contributed by atoms with Crippen molar-refractivity contribution >= 4 is 11.9 Å². The molecular weight excluding hydrogens is 851 g/mol. The van der Waals surface area contributed by atoms with Crippen molar-refractivity contribution in [3.8, 4) is 0 Å². The molecular formula is C47H75NO17. The first kappa shape index (κ1) is 56.1. The highest BCUT2D eigenvalue weighted by atomic mass is 16.7. The quantitative estimate of drug-likeness (QED) is 0.175. The Balaban J connectivity index is 1.84. The minimum atomic E-state index is -2.35. The van der Waals surface area contributed by atoms with Gasteiger partial charge in [0.25, 0.3) is 0 Å². The van der Waals surface area contributed by atoms with Crippen molar-refractivity contribution < 1.29 is 84.7 Å². The number of hydrogen-bond acceptors (Lipinski definition) is 17. The first-order chi connectivity index (χ1) is 30.6. The van der Waals surface area contributed by atoms with E-state index in [-0.39, 0.29) is 38.0 Å². The Morgan fingerprint density at radius 3 is 1.94 bits per heavy atom. The summed E-state index contributed by atoms with van der Waals surface area (Å²) in [4.78, 5) is 25.1. The van der Waals surface area contributed by atoms with Gasteiger partial charge in [0.05, 0.1) is 79.6 Å². The Bertz CT molecular complexity index is 1620. The molecule has 14 unspecified atom stereocenters. The summed E-state index contributed by atoms with van der Waals surface area (Å²) in [5.41, 5.74) is 6.02. The van der Waals surface area contributed by atoms with Crippen LogP contribution >= 0.6 is 0 Å². The molecule has 13 N–H and O–H groups in total. The average Bonchev–Trinajstić information content (AvgIpc) is 3.21. The highest BCUT2D eigenvalue weighted by molar-refractivity contribution is 5.71. The molecule has 0 radical (unpaired) electrons. The highest BCUT2D eigenvalue weighted by Gasteiger charge is 2.51. The molecule has 0 aromatic carbocycles. The molecule has 3 heterocycles. The zero-order valence-electron chi connectivity index (χ0n) is 37.8. The Labute approximate surface area is 381 Å². The predicted molar refractivity (Wildman–Crippen MR) is 237 cm³/mol. The number of cyclic esters (lactones) is 1. The number of aliphatic carboxylic acids is 1. The molecule has 19 atom stereocenters. The van der Waals surface area contributed by atoms with E-state index in [2.05, 4.69) is 0 Å². The van der Waals surface area contributed by atoms with E-state index >= 15 is 0 Å². The molecule has 3 aliphatic heterocycles. The first-order valence-electron chi connectivity index (χ1n) is 22.6. The Kier molecular flexibility index (Phi) is 23.8. The van der Waals surface area contributed by atoms with Crippen molar-refractivity contribution in [3.63, 3.8) is 0 Å². The van der Waals surface area contributed by atoms with Gasteiger partial charge < -0.3 is 80.9 Å². The molecule has 2 bridgehead atoms. The van der Waals surface area contributed by atoms with E-state index in [9.17, 15) is 65.8 Å². The number of aliphatic hydroxyl groups excluding tert-OH is 9. The molecule has 0 aliphatic carbocycles. The molecule has 370 valence electrons. The van der Waals surface area contributed by atoms with Gasteiger partial charge in [-0.05, 0) is 52.4 Å². The Morgan fingerprint density at radius 1 is 0.692 bits per heavy atom. The normalized spacial score (nSPS) is 45.2. The number of carbonyl (C=O) groups excluding carboxylic acids is 1. The van der Waals surface area contributed by atoms with Gasteiger partial charge in [0.15, 0.2) is 12.1 Å². The summed E-state index contributed by atoms with van der Waals surface area (Å²) in [7, 11) is 0. The smallest absolute Gasteiger partial charge is 0.311 e. The number of carboxylic acid groups (broad SMARTS) is 1. The van der Waals surface area contributed by atoms with Gasteiger partial charge in [-0.15, -0.1) is 0 Å². The van der Waals surface area contributed by atoms with E-state index in [4.69, 9.17) is 24.7 Å². The van der Waals surface area contributed by atoms with Gasteiger partial charge in [-0.2, -0.15) is 0 Å². The van der Waals surface area contributed by atoms with Crippen LogP contribution in [0.2, 0.25) is 0 Å². The fraction of sp³-hybridized carbons (Fsp3) is 0.702. The number of esters is 1. The van der Waals surface area contributed by atoms with E-state index in [0.29, 0.717) is 0 Å². The summed E-state index contributed by atoms with van der Waals surface area (Å²) in [6.07, 6.45) is 2.28. The lowest BCUT2D eigenvalue weighted by Crippen LogP contribution is -2.61. The number of nitrogens with two attached hydrogens (primary N) is 1. The van der Waals surface area contributed by atoms with Crippen LogP contribution < -0.4 is 5.73 Å². The number of hydrogen-bond donors (Lipinski definition) is 12. The summed E-state index contributed by atoms with van der Waals surface area (Å²) in [5, 5.41) is 118. The zero-order chi connectivity index (χ0) is 48.4. The summed E-state index contributed by atoms with van der Waals surface area (Å²) in [5.74, 6) is -6.82. The van der Waals surface area contributed by atoms with E-state index in [1.54, 1.807) is 38.2 Å². The molecule has 0 aromatic rings. The number of ether oxygens (including phenoxy) is 4. The van der Waals surface area contributed by atoms with Crippen molar-refractivity contribution in [3.05, 3.63) is 72.9 Å². The summed E-state index contributed by atoms with van der Waals surface area (Å²) >= 11 is 0. The Morgan fingerprint density at radius 2 is 1.28 bits per heavy atom. The second-order valence-electron chi connectivity index (χ2n) is 17.8. The largest absolute Gasteiger partial charge is 0.481 e. The summed E-state index contributed by atoms with van der Waals surface area (Å²) in [6, 6.07) is -1.14. The third kappa shape index (κ3) is 18.8. The number of aliphatic hydroxyl groups is 10. The molecule has 2 saturated heterocycles. The van der Waals surface area contributed by atoms with E-state index in [1.807, 2.05) is 49.5 Å². The molecule has 18 heteroatoms. The first-order valence-corrected chi connectivity index (χ1v) is 22.6. The lowest BCUT2D eigenvalue weighted by Gasteiger charge is -2.45. The number of carboxylic acids is 1. The molecule has 18 nitrogen and oxygen atoms in total. The maximum atomic E-state index is 12.6. The van der Waals surface area contributed by atoms with E-state index < -0.39 is 141 Å². The second kappa shape index (κ2) is 27.6. The lowest BCUT2D eigenvalue weighted by molar-refractivity contribution is -0.310. The molecule has 0 saturated carbocycles. The van der Waals surface area contributed by atoms with Crippen molar-refractivity contribution in [1.82, 2.24) is 0 Å². The van der Waals surface area contributed by atoms with Crippen LogP contribution in [0.25, 0.3) is 0 Å². The fourth-order valence-electron chi connectivity index (χ4n) is 8.11. The molecule has 3 aliphatic rings. The average molecular weight is 926 g/mol. The van der Waals surface area contributed by atoms with E-state index in [1.165, 1.54) is 13.0 Å². The van der Waals surface area contributed by atoms with Crippen LogP contribution in [0, 0.1) is 17.8 Å². The number of fused-ring (bicyclic) bond motifs is 2. The summed E-state index contributed by atoms with van der Waals surface area (Å²) < 4.78 is 23.2. The highest BCUT2D eigenvalue weighted by Crippen LogP contribution is 2.38. The van der Waals surface area contributed by atoms with Gasteiger partial charge in [0.2, 0.25) is 0 Å². The predicted octanol–water partition coefficient (Wildman–Crippen LogP) is 0.936. The van der Waals surface area contributed by atoms with Gasteiger partial charge in [-0.3, -0.25) is 9.59 Å². The van der Waals surface area contributed by atoms with Crippen molar-refractivity contribution in [2.24, 2.45) is 23.5 Å². The topological polar surface area (TPSA) is 320 Å². The van der Waals surface area contributed by atoms with Crippen LogP contribution in [-0.4, -0.2) is 166 Å². The van der Waals surface area contributed by atoms with Crippen LogP contribution in [0.1, 0.15) is 91.9 Å². The number of rotatable bonds is 3. The van der Waals surface area contributed by atoms with E-state index in [0.717, 1.165) is 12.8 Å². The summed E-state index contributed by atoms with van der Waals surface area (Å²) in [6.45, 7) is 6.78. The maximum absolute atomic E-state index is 12.6. The zero-order valence-corrected chi connectivity index (χ0v) is 37.8. The molecule has 0 amide bonds. The standard InChI is InChI=1S/C47H75NO17/c1-27-17-15-13-11-9-7-5-6-8-10-12-14-16-18-34(64-46-44(58)41(48)43(57)30(4)63-46)24-38-40(45(59)60)37(54)26-47(61,65-38)25-36(53)35(52)20-19-31(49)21-32(50)22-33(51)23-39(55)62-29(3)28(2)42(27)56/h5-6,8,10-18,27-38,40-44,46,49-54,56-58,61H,7,9,19-26,48H2,1-4H3,(H,59,60)/b6-5+,10-8+,13-11+,14-12+,17-15+,18-16+/t27?,28?,29?,30-,31?,32?,33?,34?,35?,36?,37?,38?,40?,41+,42?,43-,44+,46+,47?/m0/s1. The third-order valence-corrected chi connectivity index (χ3v) is 12.2. The second-order valence-corrected chi connectivity index (χ2v) is 17.8. The fourth-order valence-corrected chi connectivity index (χ4v) is 8.11. The van der Waals surface area contributed by atoms with Gasteiger partial charge in [0, 0.05) is 31.1 Å². The van der Waals surface area contributed by atoms with Crippen LogP contribution in [0.3, 0.4) is 0 Å². The molecule has 0 spiro atoms. The molecule has 0 aromatic heterocycles.